The number of carbonyl (C=O) groups is 4. The molecule has 1 saturated carbocycles. The van der Waals surface area contributed by atoms with Crippen molar-refractivity contribution in [3.63, 3.8) is 0 Å². The summed E-state index contributed by atoms with van der Waals surface area (Å²) in [5.74, 6) is -1.25. The fourth-order valence-electron chi connectivity index (χ4n) is 5.37. The molecule has 1 aromatic carbocycles. The predicted molar refractivity (Wildman–Crippen MR) is 166 cm³/mol. The number of nitrogens with one attached hydrogen (secondary N) is 3. The van der Waals surface area contributed by atoms with Crippen LogP contribution in [0.25, 0.3) is 10.4 Å². The highest BCUT2D eigenvalue weighted by molar-refractivity contribution is 7.13. The molecule has 1 aliphatic carbocycles. The van der Waals surface area contributed by atoms with Gasteiger partial charge in [0.2, 0.25) is 23.6 Å². The van der Waals surface area contributed by atoms with Crippen LogP contribution in [0.5, 0.6) is 0 Å². The third-order valence-corrected chi connectivity index (χ3v) is 9.26. The van der Waals surface area contributed by atoms with Gasteiger partial charge in [-0.25, -0.2) is 4.98 Å². The maximum Gasteiger partial charge on any atom is 0.246 e. The molecule has 2 unspecified atom stereocenters. The third-order valence-electron chi connectivity index (χ3n) is 8.28. The van der Waals surface area contributed by atoms with Crippen LogP contribution in [0.15, 0.2) is 29.8 Å². The van der Waals surface area contributed by atoms with Crippen LogP contribution in [0.1, 0.15) is 84.5 Å². The number of benzene rings is 1. The van der Waals surface area contributed by atoms with Crippen LogP contribution in [-0.2, 0) is 19.2 Å². The van der Waals surface area contributed by atoms with Crippen LogP contribution < -0.4 is 16.0 Å². The summed E-state index contributed by atoms with van der Waals surface area (Å²) < 4.78 is 0. The number of amides is 4. The van der Waals surface area contributed by atoms with Crippen LogP contribution >= 0.6 is 11.3 Å². The number of aromatic nitrogens is 1. The first kappa shape index (κ1) is 32.6. The Labute approximate surface area is 258 Å². The Bertz CT molecular complexity index is 1340. The Balaban J connectivity index is 1.56. The summed E-state index contributed by atoms with van der Waals surface area (Å²) in [5.41, 5.74) is 3.37. The van der Waals surface area contributed by atoms with Crippen LogP contribution in [0, 0.1) is 17.8 Å². The molecule has 43 heavy (non-hydrogen) atoms. The van der Waals surface area contributed by atoms with Gasteiger partial charge in [-0.05, 0) is 50.2 Å². The number of aliphatic hydroxyl groups excluding tert-OH is 1. The molecule has 0 bridgehead atoms. The van der Waals surface area contributed by atoms with Gasteiger partial charge < -0.3 is 26.0 Å². The molecule has 11 heteroatoms. The van der Waals surface area contributed by atoms with Crippen LogP contribution in [-0.4, -0.2) is 69.4 Å². The average Bonchev–Trinajstić information content (AvgIpc) is 3.33. The number of β-amino-alcohol motifs (C(OH)–C–C–N with tert-alkyl or cyclic N) is 1. The summed E-state index contributed by atoms with van der Waals surface area (Å²) >= 11 is 1.54. The molecule has 4 amide bonds. The minimum atomic E-state index is -0.949. The van der Waals surface area contributed by atoms with E-state index in [1.165, 1.54) is 4.90 Å². The minimum Gasteiger partial charge on any atom is -0.391 e. The molecular formula is C32H45N5O5S. The first-order chi connectivity index (χ1) is 20.1. The zero-order valence-corrected chi connectivity index (χ0v) is 27.0. The van der Waals surface area contributed by atoms with Crippen LogP contribution in [0.2, 0.25) is 0 Å². The van der Waals surface area contributed by atoms with Crippen LogP contribution in [0.3, 0.4) is 0 Å². The number of aryl methyl sites for hydroxylation is 1. The molecule has 4 rings (SSSR count). The molecule has 10 nitrogen and oxygen atoms in total. The van der Waals surface area contributed by atoms with Gasteiger partial charge in [-0.3, -0.25) is 19.2 Å². The fraction of sp³-hybridized carbons (Fsp3) is 0.594. The lowest BCUT2D eigenvalue weighted by Gasteiger charge is -2.36. The normalized spacial score (nSPS) is 20.8. The lowest BCUT2D eigenvalue weighted by molar-refractivity contribution is -0.145. The predicted octanol–water partition coefficient (Wildman–Crippen LogP) is 3.48. The topological polar surface area (TPSA) is 141 Å². The SMILES string of the molecule is Cc1ncsc1-c1ccc([C@H](CC(=O)NC(C)C)NC(=O)C2C[C@@H](O)CN2C(=O)C(NC(=O)C2(C)CC2)C(C)(C)C)cc1. The second-order valence-electron chi connectivity index (χ2n) is 13.6. The fourth-order valence-corrected chi connectivity index (χ4v) is 6.18. The van der Waals surface area contributed by atoms with Crippen molar-refractivity contribution in [3.05, 3.63) is 41.0 Å². The van der Waals surface area contributed by atoms with E-state index in [4.69, 9.17) is 0 Å². The molecule has 0 spiro atoms. The summed E-state index contributed by atoms with van der Waals surface area (Å²) in [7, 11) is 0. The van der Waals surface area contributed by atoms with Crippen molar-refractivity contribution in [1.82, 2.24) is 25.8 Å². The molecule has 2 heterocycles. The maximum atomic E-state index is 13.9. The zero-order chi connectivity index (χ0) is 31.7. The van der Waals surface area contributed by atoms with Crippen molar-refractivity contribution in [2.45, 2.75) is 104 Å². The quantitative estimate of drug-likeness (QED) is 0.324. The lowest BCUT2D eigenvalue weighted by atomic mass is 9.85. The Morgan fingerprint density at radius 3 is 2.28 bits per heavy atom. The van der Waals surface area contributed by atoms with E-state index in [9.17, 15) is 24.3 Å². The van der Waals surface area contributed by atoms with Crippen molar-refractivity contribution in [2.75, 3.05) is 6.54 Å². The number of hydrogen-bond acceptors (Lipinski definition) is 7. The standard InChI is InChI=1S/C32H45N5O5S/c1-18(2)34-25(39)15-23(20-8-10-21(11-9-20)26-19(3)33-17-43-26)35-28(40)24-14-22(38)16-37(24)29(41)27(31(4,5)6)36-30(42)32(7)12-13-32/h8-11,17-18,22-24,27,38H,12-16H2,1-7H3,(H,34,39)(H,35,40)(H,36,42)/t22-,23+,24?,27?/m1/s1. The molecule has 0 radical (unpaired) electrons. The monoisotopic (exact) mass is 611 g/mol. The first-order valence-corrected chi connectivity index (χ1v) is 15.9. The number of hydrogen-bond donors (Lipinski definition) is 4. The van der Waals surface area contributed by atoms with E-state index in [0.717, 1.165) is 34.5 Å². The van der Waals surface area contributed by atoms with E-state index in [0.29, 0.717) is 0 Å². The van der Waals surface area contributed by atoms with Gasteiger partial charge >= 0.3 is 0 Å². The smallest absolute Gasteiger partial charge is 0.246 e. The van der Waals surface area contributed by atoms with Crippen LogP contribution in [0.4, 0.5) is 0 Å². The Kier molecular flexibility index (Phi) is 9.66. The summed E-state index contributed by atoms with van der Waals surface area (Å²) in [5, 5.41) is 19.4. The lowest BCUT2D eigenvalue weighted by Crippen LogP contribution is -2.58. The number of rotatable bonds is 10. The molecular weight excluding hydrogens is 566 g/mol. The molecule has 1 aliphatic heterocycles. The van der Waals surface area contributed by atoms with Gasteiger partial charge in [-0.15, -0.1) is 11.3 Å². The van der Waals surface area contributed by atoms with E-state index in [1.807, 2.05) is 72.7 Å². The summed E-state index contributed by atoms with van der Waals surface area (Å²) in [6.07, 6.45) is 0.725. The number of thiazole rings is 1. The van der Waals surface area contributed by atoms with E-state index >= 15 is 0 Å². The van der Waals surface area contributed by atoms with Crippen molar-refractivity contribution in [1.29, 1.82) is 0 Å². The minimum absolute atomic E-state index is 0.00529. The second-order valence-corrected chi connectivity index (χ2v) is 14.5. The molecule has 2 aliphatic rings. The zero-order valence-electron chi connectivity index (χ0n) is 26.2. The van der Waals surface area contributed by atoms with Gasteiger partial charge in [0.15, 0.2) is 0 Å². The van der Waals surface area contributed by atoms with Gasteiger partial charge in [0.25, 0.3) is 0 Å². The highest BCUT2D eigenvalue weighted by Crippen LogP contribution is 2.45. The summed E-state index contributed by atoms with van der Waals surface area (Å²) in [4.78, 5) is 60.3. The number of aliphatic hydroxyl groups is 1. The second kappa shape index (κ2) is 12.7. The van der Waals surface area contributed by atoms with Crippen molar-refractivity contribution < 1.29 is 24.3 Å². The largest absolute Gasteiger partial charge is 0.391 e. The number of likely N-dealkylation sites (tertiary alicyclic amines) is 1. The molecule has 2 aromatic rings. The molecule has 2 fully saturated rings. The van der Waals surface area contributed by atoms with Crippen molar-refractivity contribution in [2.24, 2.45) is 10.8 Å². The highest BCUT2D eigenvalue weighted by Gasteiger charge is 2.49. The average molecular weight is 612 g/mol. The molecule has 4 atom stereocenters. The maximum absolute atomic E-state index is 13.9. The van der Waals surface area contributed by atoms with Gasteiger partial charge in [0.1, 0.15) is 12.1 Å². The molecule has 1 aromatic heterocycles. The Hall–Kier alpha value is -3.31. The number of carbonyl (C=O) groups excluding carboxylic acids is 4. The van der Waals surface area contributed by atoms with E-state index < -0.39 is 46.9 Å². The van der Waals surface area contributed by atoms with Gasteiger partial charge in [0, 0.05) is 24.4 Å². The van der Waals surface area contributed by atoms with Crippen molar-refractivity contribution in [3.8, 4) is 10.4 Å². The molecule has 4 N–H and O–H groups in total. The van der Waals surface area contributed by atoms with E-state index in [-0.39, 0.29) is 37.2 Å². The van der Waals surface area contributed by atoms with E-state index in [1.54, 1.807) is 16.8 Å². The number of nitrogens with zero attached hydrogens (tertiary/aromatic N) is 2. The van der Waals surface area contributed by atoms with Gasteiger partial charge in [0.05, 0.1) is 34.6 Å². The van der Waals surface area contributed by atoms with Gasteiger partial charge in [-0.1, -0.05) is 52.0 Å². The van der Waals surface area contributed by atoms with Gasteiger partial charge in [-0.2, -0.15) is 0 Å². The Morgan fingerprint density at radius 2 is 1.74 bits per heavy atom. The molecule has 234 valence electrons. The third kappa shape index (κ3) is 7.80. The van der Waals surface area contributed by atoms with Crippen molar-refractivity contribution >= 4 is 35.0 Å². The first-order valence-electron chi connectivity index (χ1n) is 15.0. The summed E-state index contributed by atoms with van der Waals surface area (Å²) in [6.45, 7) is 13.2. The molecule has 1 saturated heterocycles. The Morgan fingerprint density at radius 1 is 1.09 bits per heavy atom. The highest BCUT2D eigenvalue weighted by atomic mass is 32.1. The van der Waals surface area contributed by atoms with E-state index in [2.05, 4.69) is 20.9 Å². The summed E-state index contributed by atoms with van der Waals surface area (Å²) in [6, 6.07) is 5.12.